The van der Waals surface area contributed by atoms with Gasteiger partial charge in [-0.3, -0.25) is 9.69 Å². The molecule has 0 spiro atoms. The van der Waals surface area contributed by atoms with E-state index in [0.29, 0.717) is 0 Å². The van der Waals surface area contributed by atoms with E-state index in [4.69, 9.17) is 5.73 Å². The van der Waals surface area contributed by atoms with Crippen LogP contribution in [0.1, 0.15) is 44.9 Å². The Morgan fingerprint density at radius 1 is 1.00 bits per heavy atom. The average Bonchev–Trinajstić information content (AvgIpc) is 2.72. The number of carbonyl (C=O) groups is 1. The molecular formula is C11H20N2O. The number of amides is 1. The summed E-state index contributed by atoms with van der Waals surface area (Å²) < 4.78 is 0. The Morgan fingerprint density at radius 2 is 1.57 bits per heavy atom. The summed E-state index contributed by atoms with van der Waals surface area (Å²) in [5.41, 5.74) is 5.33. The molecule has 2 aliphatic rings. The highest BCUT2D eigenvalue weighted by molar-refractivity contribution is 5.84. The van der Waals surface area contributed by atoms with Crippen molar-refractivity contribution in [1.82, 2.24) is 4.90 Å². The fraction of sp³-hybridized carbons (Fsp3) is 0.909. The molecule has 1 aliphatic carbocycles. The number of nitrogens with two attached hydrogens (primary N) is 1. The van der Waals surface area contributed by atoms with E-state index in [1.165, 1.54) is 32.1 Å². The van der Waals surface area contributed by atoms with E-state index in [1.54, 1.807) is 0 Å². The van der Waals surface area contributed by atoms with Crippen LogP contribution < -0.4 is 5.73 Å². The van der Waals surface area contributed by atoms with Crippen LogP contribution in [-0.2, 0) is 4.79 Å². The number of nitrogens with zero attached hydrogens (tertiary/aromatic N) is 1. The van der Waals surface area contributed by atoms with E-state index >= 15 is 0 Å². The summed E-state index contributed by atoms with van der Waals surface area (Å²) in [6.07, 6.45) is 8.04. The van der Waals surface area contributed by atoms with E-state index in [1.807, 2.05) is 0 Å². The van der Waals surface area contributed by atoms with Gasteiger partial charge in [-0.2, -0.15) is 0 Å². The van der Waals surface area contributed by atoms with Crippen molar-refractivity contribution < 1.29 is 4.79 Å². The van der Waals surface area contributed by atoms with E-state index in [-0.39, 0.29) is 11.4 Å². The summed E-state index contributed by atoms with van der Waals surface area (Å²) in [6, 6.07) is 0. The zero-order valence-electron chi connectivity index (χ0n) is 8.80. The molecule has 80 valence electrons. The van der Waals surface area contributed by atoms with Crippen LogP contribution >= 0.6 is 0 Å². The molecule has 0 atom stereocenters. The Balaban J connectivity index is 2.15. The number of hydrogen-bond donors (Lipinski definition) is 1. The molecule has 0 aromatic carbocycles. The molecule has 14 heavy (non-hydrogen) atoms. The maximum Gasteiger partial charge on any atom is 0.237 e. The summed E-state index contributed by atoms with van der Waals surface area (Å²) in [7, 11) is 0. The first-order valence-electron chi connectivity index (χ1n) is 5.81. The third kappa shape index (κ3) is 1.54. The molecular weight excluding hydrogens is 176 g/mol. The largest absolute Gasteiger partial charge is 0.368 e. The van der Waals surface area contributed by atoms with E-state index < -0.39 is 0 Å². The summed E-state index contributed by atoms with van der Waals surface area (Å²) in [4.78, 5) is 14.0. The van der Waals surface area contributed by atoms with Crippen LogP contribution in [0.25, 0.3) is 0 Å². The van der Waals surface area contributed by atoms with Gasteiger partial charge in [0.2, 0.25) is 5.91 Å². The van der Waals surface area contributed by atoms with Gasteiger partial charge in [-0.1, -0.05) is 19.3 Å². The van der Waals surface area contributed by atoms with Gasteiger partial charge in [0.15, 0.2) is 0 Å². The molecule has 2 rings (SSSR count). The van der Waals surface area contributed by atoms with Crippen LogP contribution in [0.4, 0.5) is 0 Å². The molecule has 2 N–H and O–H groups in total. The minimum Gasteiger partial charge on any atom is -0.368 e. The van der Waals surface area contributed by atoms with Gasteiger partial charge in [0.25, 0.3) is 0 Å². The number of primary amides is 1. The normalized spacial score (nSPS) is 27.7. The van der Waals surface area contributed by atoms with Crippen LogP contribution in [0.5, 0.6) is 0 Å². The fourth-order valence-corrected chi connectivity index (χ4v) is 3.00. The first kappa shape index (κ1) is 9.97. The topological polar surface area (TPSA) is 46.3 Å². The molecule has 3 heteroatoms. The lowest BCUT2D eigenvalue weighted by atomic mass is 9.80. The van der Waals surface area contributed by atoms with Crippen LogP contribution in [-0.4, -0.2) is 29.4 Å². The number of likely N-dealkylation sites (tertiary alicyclic amines) is 1. The second kappa shape index (κ2) is 3.89. The lowest BCUT2D eigenvalue weighted by molar-refractivity contribution is -0.131. The van der Waals surface area contributed by atoms with Crippen molar-refractivity contribution in [2.45, 2.75) is 50.5 Å². The zero-order chi connectivity index (χ0) is 10.0. The highest BCUT2D eigenvalue weighted by Gasteiger charge is 2.43. The second-order valence-electron chi connectivity index (χ2n) is 4.65. The fourth-order valence-electron chi connectivity index (χ4n) is 3.00. The molecule has 1 heterocycles. The minimum atomic E-state index is -0.269. The molecule has 1 saturated heterocycles. The summed E-state index contributed by atoms with van der Waals surface area (Å²) in [6.45, 7) is 2.14. The van der Waals surface area contributed by atoms with Crippen LogP contribution in [0.2, 0.25) is 0 Å². The van der Waals surface area contributed by atoms with Gasteiger partial charge >= 0.3 is 0 Å². The Bertz CT molecular complexity index is 215. The monoisotopic (exact) mass is 196 g/mol. The van der Waals surface area contributed by atoms with Gasteiger partial charge in [0.1, 0.15) is 5.54 Å². The highest BCUT2D eigenvalue weighted by Crippen LogP contribution is 2.35. The van der Waals surface area contributed by atoms with Crippen LogP contribution in [0.15, 0.2) is 0 Å². The molecule has 0 aromatic heterocycles. The third-order valence-electron chi connectivity index (χ3n) is 3.85. The van der Waals surface area contributed by atoms with Crippen molar-refractivity contribution in [3.05, 3.63) is 0 Å². The van der Waals surface area contributed by atoms with Gasteiger partial charge in [-0.25, -0.2) is 0 Å². The summed E-state index contributed by atoms with van der Waals surface area (Å²) >= 11 is 0. The van der Waals surface area contributed by atoms with Gasteiger partial charge in [-0.05, 0) is 38.8 Å². The second-order valence-corrected chi connectivity index (χ2v) is 4.65. The predicted molar refractivity (Wildman–Crippen MR) is 55.8 cm³/mol. The first-order chi connectivity index (χ1) is 6.76. The molecule has 3 nitrogen and oxygen atoms in total. The zero-order valence-corrected chi connectivity index (χ0v) is 8.80. The number of rotatable bonds is 2. The first-order valence-corrected chi connectivity index (χ1v) is 5.81. The van der Waals surface area contributed by atoms with Gasteiger partial charge in [-0.15, -0.1) is 0 Å². The molecule has 1 amide bonds. The standard InChI is InChI=1S/C11H20N2O/c12-10(14)11(6-2-1-3-7-11)13-8-4-5-9-13/h1-9H2,(H2,12,14). The Kier molecular flexibility index (Phi) is 2.77. The van der Waals surface area contributed by atoms with Gasteiger partial charge < -0.3 is 5.73 Å². The Labute approximate surface area is 85.6 Å². The van der Waals surface area contributed by atoms with Gasteiger partial charge in [0.05, 0.1) is 0 Å². The molecule has 0 bridgehead atoms. The van der Waals surface area contributed by atoms with E-state index in [9.17, 15) is 4.79 Å². The number of hydrogen-bond acceptors (Lipinski definition) is 2. The quantitative estimate of drug-likeness (QED) is 0.723. The highest BCUT2D eigenvalue weighted by atomic mass is 16.1. The lowest BCUT2D eigenvalue weighted by Gasteiger charge is -2.42. The minimum absolute atomic E-state index is 0.0842. The SMILES string of the molecule is NC(=O)C1(N2CCCC2)CCCCC1. The summed E-state index contributed by atoms with van der Waals surface area (Å²) in [5.74, 6) is -0.0842. The molecule has 0 unspecified atom stereocenters. The Hall–Kier alpha value is -0.570. The van der Waals surface area contributed by atoms with Crippen molar-refractivity contribution in [2.75, 3.05) is 13.1 Å². The van der Waals surface area contributed by atoms with Gasteiger partial charge in [0, 0.05) is 0 Å². The maximum atomic E-state index is 11.6. The maximum absolute atomic E-state index is 11.6. The van der Waals surface area contributed by atoms with Crippen molar-refractivity contribution >= 4 is 5.91 Å². The van der Waals surface area contributed by atoms with Crippen molar-refractivity contribution in [3.63, 3.8) is 0 Å². The average molecular weight is 196 g/mol. The molecule has 0 aromatic rings. The van der Waals surface area contributed by atoms with Crippen molar-refractivity contribution in [3.8, 4) is 0 Å². The van der Waals surface area contributed by atoms with Crippen molar-refractivity contribution in [1.29, 1.82) is 0 Å². The molecule has 1 aliphatic heterocycles. The lowest BCUT2D eigenvalue weighted by Crippen LogP contribution is -2.57. The van der Waals surface area contributed by atoms with Crippen LogP contribution in [0.3, 0.4) is 0 Å². The van der Waals surface area contributed by atoms with Crippen molar-refractivity contribution in [2.24, 2.45) is 5.73 Å². The van der Waals surface area contributed by atoms with E-state index in [0.717, 1.165) is 25.9 Å². The molecule has 0 radical (unpaired) electrons. The Morgan fingerprint density at radius 3 is 2.07 bits per heavy atom. The number of carbonyl (C=O) groups excluding carboxylic acids is 1. The molecule has 2 fully saturated rings. The predicted octanol–water partition coefficient (Wildman–Crippen LogP) is 1.27. The smallest absolute Gasteiger partial charge is 0.237 e. The van der Waals surface area contributed by atoms with Crippen LogP contribution in [0, 0.1) is 0 Å². The third-order valence-corrected chi connectivity index (χ3v) is 3.85. The van der Waals surface area contributed by atoms with E-state index in [2.05, 4.69) is 4.90 Å². The summed E-state index contributed by atoms with van der Waals surface area (Å²) in [5, 5.41) is 0. The molecule has 1 saturated carbocycles.